The third-order valence-electron chi connectivity index (χ3n) is 3.89. The zero-order chi connectivity index (χ0) is 14.1. The van der Waals surface area contributed by atoms with Crippen molar-refractivity contribution in [2.45, 2.75) is 45.2 Å². The molecule has 0 bridgehead atoms. The van der Waals surface area contributed by atoms with Crippen LogP contribution in [0, 0.1) is 6.92 Å². The van der Waals surface area contributed by atoms with Crippen LogP contribution in [-0.2, 0) is 6.54 Å². The van der Waals surface area contributed by atoms with Crippen molar-refractivity contribution in [2.24, 2.45) is 0 Å². The second kappa shape index (κ2) is 5.52. The van der Waals surface area contributed by atoms with Crippen molar-refractivity contribution in [3.8, 4) is 0 Å². The highest BCUT2D eigenvalue weighted by Gasteiger charge is 2.17. The molecule has 0 saturated heterocycles. The Hall–Kier alpha value is -1.43. The van der Waals surface area contributed by atoms with Crippen molar-refractivity contribution in [3.63, 3.8) is 0 Å². The molecule has 0 unspecified atom stereocenters. The van der Waals surface area contributed by atoms with Crippen molar-refractivity contribution in [2.75, 3.05) is 0 Å². The maximum Gasteiger partial charge on any atom is 0.268 e. The zero-order valence-electron chi connectivity index (χ0n) is 11.4. The van der Waals surface area contributed by atoms with Gasteiger partial charge in [0.15, 0.2) is 0 Å². The summed E-state index contributed by atoms with van der Waals surface area (Å²) in [5, 5.41) is 4.61. The van der Waals surface area contributed by atoms with Gasteiger partial charge in [-0.3, -0.25) is 14.0 Å². The lowest BCUT2D eigenvalue weighted by atomic mass is 10.3. The van der Waals surface area contributed by atoms with Gasteiger partial charge >= 0.3 is 0 Å². The van der Waals surface area contributed by atoms with Gasteiger partial charge in [-0.15, -0.1) is 0 Å². The molecule has 0 radical (unpaired) electrons. The molecule has 2 heterocycles. The Morgan fingerprint density at radius 1 is 1.40 bits per heavy atom. The molecular weight excluding hydrogens is 320 g/mol. The number of rotatable bonds is 3. The lowest BCUT2D eigenvalue weighted by molar-refractivity contribution is 0.461. The predicted molar refractivity (Wildman–Crippen MR) is 79.8 cm³/mol. The molecule has 0 aromatic carbocycles. The summed E-state index contributed by atoms with van der Waals surface area (Å²) in [6, 6.07) is 2.52. The van der Waals surface area contributed by atoms with Crippen LogP contribution in [0.3, 0.4) is 0 Å². The van der Waals surface area contributed by atoms with E-state index in [0.717, 1.165) is 5.69 Å². The summed E-state index contributed by atoms with van der Waals surface area (Å²) >= 11 is 3.23. The number of halogens is 1. The Balaban J connectivity index is 1.85. The molecule has 20 heavy (non-hydrogen) atoms. The summed E-state index contributed by atoms with van der Waals surface area (Å²) in [6.07, 6.45) is 8.56. The van der Waals surface area contributed by atoms with Gasteiger partial charge in [0.25, 0.3) is 5.56 Å². The second-order valence-corrected chi connectivity index (χ2v) is 6.12. The monoisotopic (exact) mass is 336 g/mol. The quantitative estimate of drug-likeness (QED) is 0.865. The van der Waals surface area contributed by atoms with Gasteiger partial charge in [-0.05, 0) is 41.8 Å². The first-order valence-electron chi connectivity index (χ1n) is 6.91. The van der Waals surface area contributed by atoms with Crippen LogP contribution < -0.4 is 5.56 Å². The van der Waals surface area contributed by atoms with E-state index in [-0.39, 0.29) is 5.56 Å². The van der Waals surface area contributed by atoms with E-state index in [0.29, 0.717) is 22.9 Å². The van der Waals surface area contributed by atoms with Gasteiger partial charge in [0.05, 0.1) is 18.3 Å². The average molecular weight is 337 g/mol. The lowest BCUT2D eigenvalue weighted by Crippen LogP contribution is -2.24. The summed E-state index contributed by atoms with van der Waals surface area (Å²) in [5.74, 6) is 0.702. The fraction of sp³-hybridized carbons (Fsp3) is 0.500. The molecular formula is C14H17BrN4O. The number of hydrogen-bond donors (Lipinski definition) is 0. The molecule has 106 valence electrons. The van der Waals surface area contributed by atoms with Crippen LogP contribution in [0.5, 0.6) is 0 Å². The van der Waals surface area contributed by atoms with Gasteiger partial charge in [-0.2, -0.15) is 5.10 Å². The van der Waals surface area contributed by atoms with E-state index in [1.165, 1.54) is 25.7 Å². The van der Waals surface area contributed by atoms with Crippen LogP contribution in [0.15, 0.2) is 27.7 Å². The molecule has 0 N–H and O–H groups in total. The summed E-state index contributed by atoms with van der Waals surface area (Å²) in [4.78, 5) is 16.3. The van der Waals surface area contributed by atoms with Gasteiger partial charge < -0.3 is 0 Å². The zero-order valence-corrected chi connectivity index (χ0v) is 13.0. The minimum atomic E-state index is -0.0621. The standard InChI is InChI=1S/C14H17BrN4O/c1-10-16-8-13(15)14(20)18(10)9-11-6-7-19(17-11)12-4-2-3-5-12/h6-8,12H,2-5,9H2,1H3. The molecule has 0 aliphatic heterocycles. The topological polar surface area (TPSA) is 52.7 Å². The molecule has 3 rings (SSSR count). The van der Waals surface area contributed by atoms with Crippen molar-refractivity contribution in [1.82, 2.24) is 19.3 Å². The van der Waals surface area contributed by atoms with Crippen molar-refractivity contribution in [3.05, 3.63) is 44.8 Å². The molecule has 2 aromatic heterocycles. The third-order valence-corrected chi connectivity index (χ3v) is 4.43. The molecule has 0 amide bonds. The van der Waals surface area contributed by atoms with E-state index in [9.17, 15) is 4.79 Å². The number of aromatic nitrogens is 4. The summed E-state index contributed by atoms with van der Waals surface area (Å²) < 4.78 is 4.18. The Bertz CT molecular complexity index is 670. The van der Waals surface area contributed by atoms with Crippen LogP contribution in [-0.4, -0.2) is 19.3 Å². The summed E-state index contributed by atoms with van der Waals surface area (Å²) in [5.41, 5.74) is 0.843. The van der Waals surface area contributed by atoms with E-state index < -0.39 is 0 Å². The Morgan fingerprint density at radius 2 is 2.15 bits per heavy atom. The molecule has 1 saturated carbocycles. The van der Waals surface area contributed by atoms with Crippen LogP contribution in [0.25, 0.3) is 0 Å². The van der Waals surface area contributed by atoms with Gasteiger partial charge in [0.1, 0.15) is 10.3 Å². The maximum absolute atomic E-state index is 12.1. The fourth-order valence-corrected chi connectivity index (χ4v) is 3.05. The molecule has 6 heteroatoms. The highest BCUT2D eigenvalue weighted by atomic mass is 79.9. The molecule has 1 fully saturated rings. The normalized spacial score (nSPS) is 15.9. The predicted octanol–water partition coefficient (Wildman–Crippen LogP) is 2.67. The molecule has 0 atom stereocenters. The largest absolute Gasteiger partial charge is 0.290 e. The van der Waals surface area contributed by atoms with E-state index in [1.807, 2.05) is 23.9 Å². The van der Waals surface area contributed by atoms with Crippen LogP contribution in [0.2, 0.25) is 0 Å². The van der Waals surface area contributed by atoms with E-state index in [4.69, 9.17) is 0 Å². The van der Waals surface area contributed by atoms with Gasteiger partial charge in [0.2, 0.25) is 0 Å². The SMILES string of the molecule is Cc1ncc(Br)c(=O)n1Cc1ccn(C2CCCC2)n1. The fourth-order valence-electron chi connectivity index (χ4n) is 2.73. The number of aryl methyl sites for hydroxylation is 1. The maximum atomic E-state index is 12.1. The molecule has 5 nitrogen and oxygen atoms in total. The average Bonchev–Trinajstić information content (AvgIpc) is 3.09. The molecule has 1 aliphatic rings. The molecule has 2 aromatic rings. The minimum Gasteiger partial charge on any atom is -0.290 e. The van der Waals surface area contributed by atoms with Crippen LogP contribution in [0.4, 0.5) is 0 Å². The Labute approximate surface area is 125 Å². The molecule has 1 aliphatic carbocycles. The Morgan fingerprint density at radius 3 is 2.90 bits per heavy atom. The van der Waals surface area contributed by atoms with Gasteiger partial charge in [-0.25, -0.2) is 4.98 Å². The van der Waals surface area contributed by atoms with Crippen molar-refractivity contribution in [1.29, 1.82) is 0 Å². The first-order chi connectivity index (χ1) is 9.65. The van der Waals surface area contributed by atoms with Crippen molar-refractivity contribution >= 4 is 15.9 Å². The smallest absolute Gasteiger partial charge is 0.268 e. The van der Waals surface area contributed by atoms with E-state index in [2.05, 4.69) is 26.0 Å². The van der Waals surface area contributed by atoms with Gasteiger partial charge in [-0.1, -0.05) is 12.8 Å². The summed E-state index contributed by atoms with van der Waals surface area (Å²) in [7, 11) is 0. The van der Waals surface area contributed by atoms with Crippen LogP contribution >= 0.6 is 15.9 Å². The van der Waals surface area contributed by atoms with Crippen LogP contribution in [0.1, 0.15) is 43.2 Å². The van der Waals surface area contributed by atoms with E-state index >= 15 is 0 Å². The highest BCUT2D eigenvalue weighted by Crippen LogP contribution is 2.28. The number of nitrogens with zero attached hydrogens (tertiary/aromatic N) is 4. The first kappa shape index (κ1) is 13.5. The van der Waals surface area contributed by atoms with E-state index in [1.54, 1.807) is 10.8 Å². The third kappa shape index (κ3) is 2.57. The number of hydrogen-bond acceptors (Lipinski definition) is 3. The molecule has 0 spiro atoms. The first-order valence-corrected chi connectivity index (χ1v) is 7.70. The minimum absolute atomic E-state index is 0.0621. The highest BCUT2D eigenvalue weighted by molar-refractivity contribution is 9.10. The van der Waals surface area contributed by atoms with Gasteiger partial charge in [0, 0.05) is 12.4 Å². The second-order valence-electron chi connectivity index (χ2n) is 5.27. The Kier molecular flexibility index (Phi) is 3.74. The van der Waals surface area contributed by atoms with Crippen molar-refractivity contribution < 1.29 is 0 Å². The lowest BCUT2D eigenvalue weighted by Gasteiger charge is -2.10. The summed E-state index contributed by atoms with van der Waals surface area (Å²) in [6.45, 7) is 2.30.